The number of imidazole rings is 1. The van der Waals surface area contributed by atoms with Crippen molar-refractivity contribution in [3.63, 3.8) is 0 Å². The Morgan fingerprint density at radius 2 is 1.69 bits per heavy atom. The molecule has 35 heavy (non-hydrogen) atoms. The van der Waals surface area contributed by atoms with E-state index in [2.05, 4.69) is 4.57 Å². The van der Waals surface area contributed by atoms with Crippen molar-refractivity contribution in [2.24, 2.45) is 0 Å². The summed E-state index contributed by atoms with van der Waals surface area (Å²) in [6, 6.07) is 8.81. The number of hydrogen-bond donors (Lipinski definition) is 0. The van der Waals surface area contributed by atoms with Gasteiger partial charge >= 0.3 is 0 Å². The lowest BCUT2D eigenvalue weighted by Crippen LogP contribution is -2.40. The normalized spacial score (nSPS) is 16.9. The maximum Gasteiger partial charge on any atom is 0.226 e. The van der Waals surface area contributed by atoms with Crippen molar-refractivity contribution < 1.29 is 23.4 Å². The minimum atomic E-state index is -0.255. The first-order chi connectivity index (χ1) is 17.0. The van der Waals surface area contributed by atoms with Gasteiger partial charge in [-0.05, 0) is 55.5 Å². The minimum absolute atomic E-state index is 0.0782. The zero-order valence-electron chi connectivity index (χ0n) is 20.6. The molecule has 0 N–H and O–H groups in total. The van der Waals surface area contributed by atoms with Gasteiger partial charge in [0.05, 0.1) is 38.8 Å². The van der Waals surface area contributed by atoms with Crippen LogP contribution in [0.3, 0.4) is 0 Å². The van der Waals surface area contributed by atoms with Crippen LogP contribution in [0.5, 0.6) is 17.2 Å². The number of aromatic nitrogens is 2. The van der Waals surface area contributed by atoms with Gasteiger partial charge in [0.2, 0.25) is 11.7 Å². The van der Waals surface area contributed by atoms with Gasteiger partial charge < -0.3 is 23.7 Å². The summed E-state index contributed by atoms with van der Waals surface area (Å²) in [6.45, 7) is 1.36. The smallest absolute Gasteiger partial charge is 0.226 e. The third-order valence-electron chi connectivity index (χ3n) is 7.41. The highest BCUT2D eigenvalue weighted by molar-refractivity contribution is 5.80. The van der Waals surface area contributed by atoms with E-state index >= 15 is 0 Å². The Bertz CT molecular complexity index is 1200. The van der Waals surface area contributed by atoms with Gasteiger partial charge in [-0.3, -0.25) is 4.79 Å². The third kappa shape index (κ3) is 4.42. The van der Waals surface area contributed by atoms with Crippen LogP contribution < -0.4 is 14.2 Å². The van der Waals surface area contributed by atoms with Crippen LogP contribution in [0.4, 0.5) is 4.39 Å². The molecule has 2 heterocycles. The van der Waals surface area contributed by atoms with Crippen molar-refractivity contribution >= 4 is 16.9 Å². The highest BCUT2D eigenvalue weighted by Gasteiger charge is 2.31. The van der Waals surface area contributed by atoms with Crippen LogP contribution in [0.2, 0.25) is 0 Å². The topological polar surface area (TPSA) is 65.8 Å². The van der Waals surface area contributed by atoms with Gasteiger partial charge in [-0.25, -0.2) is 9.37 Å². The van der Waals surface area contributed by atoms with E-state index in [0.717, 1.165) is 48.1 Å². The third-order valence-corrected chi connectivity index (χ3v) is 7.41. The molecule has 5 rings (SSSR count). The van der Waals surface area contributed by atoms with Crippen LogP contribution in [-0.2, 0) is 11.2 Å². The zero-order chi connectivity index (χ0) is 24.5. The molecule has 1 amide bonds. The number of piperidine rings is 1. The number of fused-ring (bicyclic) bond motifs is 1. The van der Waals surface area contributed by atoms with E-state index in [-0.39, 0.29) is 24.2 Å². The van der Waals surface area contributed by atoms with Crippen molar-refractivity contribution in [1.29, 1.82) is 0 Å². The fourth-order valence-electron chi connectivity index (χ4n) is 5.33. The average molecular weight is 482 g/mol. The van der Waals surface area contributed by atoms with Gasteiger partial charge in [0.15, 0.2) is 11.5 Å². The van der Waals surface area contributed by atoms with Crippen LogP contribution >= 0.6 is 0 Å². The fraction of sp³-hybridized carbons (Fsp3) is 0.481. The number of carbonyl (C=O) groups is 1. The Balaban J connectivity index is 1.31. The molecule has 1 aliphatic carbocycles. The molecule has 1 saturated carbocycles. The summed E-state index contributed by atoms with van der Waals surface area (Å²) in [6.07, 6.45) is 5.46. The van der Waals surface area contributed by atoms with Crippen molar-refractivity contribution in [1.82, 2.24) is 14.5 Å². The van der Waals surface area contributed by atoms with Gasteiger partial charge in [0, 0.05) is 31.1 Å². The summed E-state index contributed by atoms with van der Waals surface area (Å²) >= 11 is 0. The number of benzene rings is 2. The average Bonchev–Trinajstić information content (AvgIpc) is 3.19. The number of ether oxygens (including phenoxy) is 3. The standard InChI is InChI=1S/C27H32FN3O4/c1-33-23-13-17(14-24(34-2)26(23)35-3)15-25(32)30-11-9-20(10-12-30)31-22-8-7-19(28)16-21(22)29-27(31)18-5-4-6-18/h7-8,13-14,16,18,20H,4-6,9-12,15H2,1-3H3. The van der Waals surface area contributed by atoms with E-state index in [1.165, 1.54) is 18.6 Å². The summed E-state index contributed by atoms with van der Waals surface area (Å²) in [4.78, 5) is 19.9. The van der Waals surface area contributed by atoms with E-state index in [9.17, 15) is 9.18 Å². The summed E-state index contributed by atoms with van der Waals surface area (Å²) in [7, 11) is 4.70. The summed E-state index contributed by atoms with van der Waals surface area (Å²) in [5.74, 6) is 2.95. The molecule has 1 saturated heterocycles. The van der Waals surface area contributed by atoms with Crippen molar-refractivity contribution in [2.45, 2.75) is 50.5 Å². The number of halogens is 1. The molecule has 0 spiro atoms. The first-order valence-electron chi connectivity index (χ1n) is 12.3. The molecule has 2 fully saturated rings. The lowest BCUT2D eigenvalue weighted by molar-refractivity contribution is -0.131. The maximum atomic E-state index is 13.9. The van der Waals surface area contributed by atoms with Crippen molar-refractivity contribution in [3.8, 4) is 17.2 Å². The van der Waals surface area contributed by atoms with Gasteiger partial charge in [-0.2, -0.15) is 0 Å². The largest absolute Gasteiger partial charge is 0.493 e. The van der Waals surface area contributed by atoms with Gasteiger partial charge in [0.1, 0.15) is 11.6 Å². The van der Waals surface area contributed by atoms with Crippen molar-refractivity contribution in [3.05, 3.63) is 47.5 Å². The van der Waals surface area contributed by atoms with Gasteiger partial charge in [0.25, 0.3) is 0 Å². The lowest BCUT2D eigenvalue weighted by Gasteiger charge is -2.35. The van der Waals surface area contributed by atoms with Crippen molar-refractivity contribution in [2.75, 3.05) is 34.4 Å². The minimum Gasteiger partial charge on any atom is -0.493 e. The van der Waals surface area contributed by atoms with Gasteiger partial charge in [-0.15, -0.1) is 0 Å². The summed E-state index contributed by atoms with van der Waals surface area (Å²) < 4.78 is 32.4. The summed E-state index contributed by atoms with van der Waals surface area (Å²) in [5, 5.41) is 0. The molecule has 0 atom stereocenters. The van der Waals surface area contributed by atoms with E-state index in [0.29, 0.717) is 36.3 Å². The van der Waals surface area contributed by atoms with Gasteiger partial charge in [-0.1, -0.05) is 6.42 Å². The molecule has 3 aromatic rings. The van der Waals surface area contributed by atoms with Crippen LogP contribution in [0, 0.1) is 5.82 Å². The molecule has 0 unspecified atom stereocenters. The predicted octanol–water partition coefficient (Wildman–Crippen LogP) is 4.87. The second-order valence-electron chi connectivity index (χ2n) is 9.42. The number of hydrogen-bond acceptors (Lipinski definition) is 5. The Labute approximate surface area is 204 Å². The maximum absolute atomic E-state index is 13.9. The monoisotopic (exact) mass is 481 g/mol. The Morgan fingerprint density at radius 3 is 2.26 bits per heavy atom. The SMILES string of the molecule is COc1cc(CC(=O)N2CCC(n3c(C4CCC4)nc4cc(F)ccc43)CC2)cc(OC)c1OC. The summed E-state index contributed by atoms with van der Waals surface area (Å²) in [5.41, 5.74) is 2.55. The highest BCUT2D eigenvalue weighted by Crippen LogP contribution is 2.41. The van der Waals surface area contributed by atoms with E-state index < -0.39 is 0 Å². The van der Waals surface area contributed by atoms with E-state index in [1.807, 2.05) is 23.1 Å². The van der Waals surface area contributed by atoms with Crippen LogP contribution in [-0.4, -0.2) is 54.8 Å². The second-order valence-corrected chi connectivity index (χ2v) is 9.42. The Morgan fingerprint density at radius 1 is 1.00 bits per heavy atom. The zero-order valence-corrected chi connectivity index (χ0v) is 20.6. The molecule has 0 radical (unpaired) electrons. The number of amides is 1. The second kappa shape index (κ2) is 9.76. The molecule has 2 aromatic carbocycles. The number of nitrogens with zero attached hydrogens (tertiary/aromatic N) is 3. The molecule has 1 aliphatic heterocycles. The number of methoxy groups -OCH3 is 3. The van der Waals surface area contributed by atoms with E-state index in [1.54, 1.807) is 21.3 Å². The molecule has 1 aromatic heterocycles. The Kier molecular flexibility index (Phi) is 6.54. The van der Waals surface area contributed by atoms with E-state index in [4.69, 9.17) is 19.2 Å². The number of carbonyl (C=O) groups excluding carboxylic acids is 1. The van der Waals surface area contributed by atoms with Crippen LogP contribution in [0.25, 0.3) is 11.0 Å². The molecule has 2 aliphatic rings. The molecule has 186 valence electrons. The number of likely N-dealkylation sites (tertiary alicyclic amines) is 1. The molecule has 8 heteroatoms. The highest BCUT2D eigenvalue weighted by atomic mass is 19.1. The van der Waals surface area contributed by atoms with Crippen LogP contribution in [0.1, 0.15) is 55.5 Å². The molecular formula is C27H32FN3O4. The molecular weight excluding hydrogens is 449 g/mol. The first kappa shape index (κ1) is 23.5. The van der Waals surface area contributed by atoms with Crippen LogP contribution in [0.15, 0.2) is 30.3 Å². The fourth-order valence-corrected chi connectivity index (χ4v) is 5.33. The molecule has 7 nitrogen and oxygen atoms in total. The quantitative estimate of drug-likeness (QED) is 0.482. The first-order valence-corrected chi connectivity index (χ1v) is 12.3. The number of rotatable bonds is 7. The molecule has 0 bridgehead atoms. The predicted molar refractivity (Wildman–Crippen MR) is 131 cm³/mol. The Hall–Kier alpha value is -3.29. The lowest BCUT2D eigenvalue weighted by atomic mass is 9.84.